The monoisotopic (exact) mass is 256 g/mol. The van der Waals surface area contributed by atoms with Crippen LogP contribution in [0, 0.1) is 0 Å². The number of ketones is 1. The number of fused-ring (bicyclic) bond motifs is 1. The number of hydrogen-bond acceptors (Lipinski definition) is 3. The van der Waals surface area contributed by atoms with Crippen LogP contribution >= 0.6 is 0 Å². The standard InChI is InChI=1S/C16H20N2O/c1-11(2)17-16(12(3)19)10-14-9-8-13-6-4-5-7-15(13)18-14/h4-9,11,16-17H,10H2,1-3H3. The van der Waals surface area contributed by atoms with E-state index in [1.54, 1.807) is 6.92 Å². The molecule has 0 spiro atoms. The number of carbonyl (C=O) groups excluding carboxylic acids is 1. The zero-order valence-corrected chi connectivity index (χ0v) is 11.7. The molecule has 100 valence electrons. The third kappa shape index (κ3) is 3.61. The molecular weight excluding hydrogens is 236 g/mol. The van der Waals surface area contributed by atoms with Crippen LogP contribution < -0.4 is 5.32 Å². The third-order valence-electron chi connectivity index (χ3n) is 3.09. The van der Waals surface area contributed by atoms with Crippen LogP contribution in [0.1, 0.15) is 26.5 Å². The molecule has 0 aliphatic rings. The van der Waals surface area contributed by atoms with Gasteiger partial charge in [0.1, 0.15) is 5.78 Å². The van der Waals surface area contributed by atoms with Crippen molar-refractivity contribution in [2.24, 2.45) is 0 Å². The van der Waals surface area contributed by atoms with Crippen molar-refractivity contribution in [3.63, 3.8) is 0 Å². The minimum atomic E-state index is -0.159. The maximum Gasteiger partial charge on any atom is 0.147 e. The second-order valence-electron chi connectivity index (χ2n) is 5.18. The van der Waals surface area contributed by atoms with Gasteiger partial charge in [0.15, 0.2) is 0 Å². The summed E-state index contributed by atoms with van der Waals surface area (Å²) in [5.74, 6) is 0.156. The van der Waals surface area contributed by atoms with Gasteiger partial charge in [-0.15, -0.1) is 0 Å². The Hall–Kier alpha value is -1.74. The molecule has 0 saturated heterocycles. The van der Waals surface area contributed by atoms with Crippen LogP contribution in [0.2, 0.25) is 0 Å². The first kappa shape index (κ1) is 13.7. The average molecular weight is 256 g/mol. The molecular formula is C16H20N2O. The van der Waals surface area contributed by atoms with Crippen molar-refractivity contribution in [1.29, 1.82) is 0 Å². The van der Waals surface area contributed by atoms with Gasteiger partial charge in [0, 0.05) is 23.5 Å². The molecule has 2 rings (SSSR count). The van der Waals surface area contributed by atoms with Crippen molar-refractivity contribution in [2.45, 2.75) is 39.3 Å². The summed E-state index contributed by atoms with van der Waals surface area (Å²) in [5, 5.41) is 4.41. The van der Waals surface area contributed by atoms with E-state index in [1.165, 1.54) is 0 Å². The zero-order valence-electron chi connectivity index (χ0n) is 11.7. The molecule has 1 atom stereocenters. The summed E-state index contributed by atoms with van der Waals surface area (Å²) in [5.41, 5.74) is 1.93. The van der Waals surface area contributed by atoms with Gasteiger partial charge < -0.3 is 5.32 Å². The van der Waals surface area contributed by atoms with Gasteiger partial charge >= 0.3 is 0 Å². The number of nitrogens with zero attached hydrogens (tertiary/aromatic N) is 1. The van der Waals surface area contributed by atoms with Gasteiger partial charge in [0.05, 0.1) is 11.6 Å². The number of pyridine rings is 1. The molecule has 1 aromatic carbocycles. The fourth-order valence-electron chi connectivity index (χ4n) is 2.15. The van der Waals surface area contributed by atoms with E-state index < -0.39 is 0 Å². The van der Waals surface area contributed by atoms with Crippen LogP contribution in [-0.2, 0) is 11.2 Å². The van der Waals surface area contributed by atoms with Gasteiger partial charge in [-0.25, -0.2) is 0 Å². The van der Waals surface area contributed by atoms with Crippen LogP contribution in [0.5, 0.6) is 0 Å². The fourth-order valence-corrected chi connectivity index (χ4v) is 2.15. The van der Waals surface area contributed by atoms with E-state index in [-0.39, 0.29) is 17.9 Å². The van der Waals surface area contributed by atoms with Crippen LogP contribution in [0.3, 0.4) is 0 Å². The molecule has 0 radical (unpaired) electrons. The van der Waals surface area contributed by atoms with Crippen LogP contribution in [0.25, 0.3) is 10.9 Å². The van der Waals surface area contributed by atoms with Crippen molar-refractivity contribution < 1.29 is 4.79 Å². The molecule has 1 unspecified atom stereocenters. The summed E-state index contributed by atoms with van der Waals surface area (Å²) in [6.07, 6.45) is 0.637. The smallest absolute Gasteiger partial charge is 0.147 e. The third-order valence-corrected chi connectivity index (χ3v) is 3.09. The molecule has 3 heteroatoms. The summed E-state index contributed by atoms with van der Waals surface area (Å²) in [7, 11) is 0. The molecule has 3 nitrogen and oxygen atoms in total. The van der Waals surface area contributed by atoms with E-state index in [2.05, 4.69) is 16.4 Å². The Morgan fingerprint density at radius 3 is 2.63 bits per heavy atom. The minimum Gasteiger partial charge on any atom is -0.305 e. The number of para-hydroxylation sites is 1. The molecule has 0 bridgehead atoms. The molecule has 2 aromatic rings. The highest BCUT2D eigenvalue weighted by Crippen LogP contribution is 2.13. The molecule has 1 heterocycles. The van der Waals surface area contributed by atoms with Crippen molar-refractivity contribution in [3.8, 4) is 0 Å². The first-order chi connectivity index (χ1) is 9.06. The van der Waals surface area contributed by atoms with E-state index in [9.17, 15) is 4.79 Å². The van der Waals surface area contributed by atoms with Crippen LogP contribution in [-0.4, -0.2) is 22.9 Å². The summed E-state index contributed by atoms with van der Waals surface area (Å²) in [6, 6.07) is 12.2. The maximum atomic E-state index is 11.7. The molecule has 0 aliphatic heterocycles. The van der Waals surface area contributed by atoms with Crippen molar-refractivity contribution in [1.82, 2.24) is 10.3 Å². The van der Waals surface area contributed by atoms with E-state index in [4.69, 9.17) is 0 Å². The summed E-state index contributed by atoms with van der Waals surface area (Å²) >= 11 is 0. The number of nitrogens with one attached hydrogen (secondary N) is 1. The second-order valence-corrected chi connectivity index (χ2v) is 5.18. The minimum absolute atomic E-state index is 0.156. The van der Waals surface area contributed by atoms with Gasteiger partial charge in [-0.1, -0.05) is 38.1 Å². The molecule has 0 amide bonds. The predicted octanol–water partition coefficient (Wildman–Crippen LogP) is 2.73. The summed E-state index contributed by atoms with van der Waals surface area (Å²) in [4.78, 5) is 16.3. The Morgan fingerprint density at radius 1 is 1.21 bits per heavy atom. The highest BCUT2D eigenvalue weighted by atomic mass is 16.1. The maximum absolute atomic E-state index is 11.7. The van der Waals surface area contributed by atoms with E-state index >= 15 is 0 Å². The van der Waals surface area contributed by atoms with Crippen LogP contribution in [0.4, 0.5) is 0 Å². The molecule has 1 N–H and O–H groups in total. The van der Waals surface area contributed by atoms with Crippen molar-refractivity contribution in [2.75, 3.05) is 0 Å². The number of rotatable bonds is 5. The molecule has 0 fully saturated rings. The number of hydrogen-bond donors (Lipinski definition) is 1. The largest absolute Gasteiger partial charge is 0.305 e. The van der Waals surface area contributed by atoms with E-state index in [0.717, 1.165) is 16.6 Å². The number of aromatic nitrogens is 1. The quantitative estimate of drug-likeness (QED) is 0.894. The van der Waals surface area contributed by atoms with Gasteiger partial charge in [-0.05, 0) is 19.1 Å². The lowest BCUT2D eigenvalue weighted by molar-refractivity contribution is -0.119. The SMILES string of the molecule is CC(=O)C(Cc1ccc2ccccc2n1)NC(C)C. The lowest BCUT2D eigenvalue weighted by Gasteiger charge is -2.18. The number of Topliss-reactive ketones (excluding diaryl/α,β-unsaturated/α-hetero) is 1. The van der Waals surface area contributed by atoms with Crippen LogP contribution in [0.15, 0.2) is 36.4 Å². The zero-order chi connectivity index (χ0) is 13.8. The van der Waals surface area contributed by atoms with Gasteiger partial charge in [0.2, 0.25) is 0 Å². The Labute approximate surface area is 114 Å². The number of benzene rings is 1. The summed E-state index contributed by atoms with van der Waals surface area (Å²) < 4.78 is 0. The molecule has 1 aromatic heterocycles. The van der Waals surface area contributed by atoms with E-state index in [1.807, 2.05) is 44.2 Å². The first-order valence-electron chi connectivity index (χ1n) is 6.67. The van der Waals surface area contributed by atoms with Gasteiger partial charge in [-0.3, -0.25) is 9.78 Å². The average Bonchev–Trinajstić information content (AvgIpc) is 2.37. The highest BCUT2D eigenvalue weighted by molar-refractivity contribution is 5.82. The second kappa shape index (κ2) is 5.93. The Morgan fingerprint density at radius 2 is 1.95 bits per heavy atom. The Bertz CT molecular complexity index is 578. The van der Waals surface area contributed by atoms with Crippen molar-refractivity contribution in [3.05, 3.63) is 42.1 Å². The molecule has 0 aliphatic carbocycles. The lowest BCUT2D eigenvalue weighted by Crippen LogP contribution is -2.41. The first-order valence-corrected chi connectivity index (χ1v) is 6.67. The molecule has 0 saturated carbocycles. The number of carbonyl (C=O) groups is 1. The molecule has 19 heavy (non-hydrogen) atoms. The Kier molecular flexibility index (Phi) is 4.27. The van der Waals surface area contributed by atoms with Crippen molar-refractivity contribution >= 4 is 16.7 Å². The van der Waals surface area contributed by atoms with Gasteiger partial charge in [-0.2, -0.15) is 0 Å². The predicted molar refractivity (Wildman–Crippen MR) is 78.2 cm³/mol. The highest BCUT2D eigenvalue weighted by Gasteiger charge is 2.16. The Balaban J connectivity index is 2.21. The fraction of sp³-hybridized carbons (Fsp3) is 0.375. The van der Waals surface area contributed by atoms with Gasteiger partial charge in [0.25, 0.3) is 0 Å². The van der Waals surface area contributed by atoms with E-state index in [0.29, 0.717) is 6.42 Å². The lowest BCUT2D eigenvalue weighted by atomic mass is 10.1. The summed E-state index contributed by atoms with van der Waals surface area (Å²) in [6.45, 7) is 5.72. The topological polar surface area (TPSA) is 42.0 Å². The normalized spacial score (nSPS) is 12.8.